The van der Waals surface area contributed by atoms with Crippen LogP contribution in [-0.2, 0) is 9.47 Å². The van der Waals surface area contributed by atoms with Crippen LogP contribution in [0.15, 0.2) is 16.7 Å². The highest BCUT2D eigenvalue weighted by Gasteiger charge is 2.38. The van der Waals surface area contributed by atoms with Crippen LogP contribution in [0.4, 0.5) is 0 Å². The van der Waals surface area contributed by atoms with Gasteiger partial charge in [-0.2, -0.15) is 0 Å². The number of nitrogens with zero attached hydrogens (tertiary/aromatic N) is 1. The van der Waals surface area contributed by atoms with Gasteiger partial charge < -0.3 is 14.0 Å². The van der Waals surface area contributed by atoms with Crippen LogP contribution in [0.25, 0.3) is 5.57 Å². The molecule has 0 unspecified atom stereocenters. The van der Waals surface area contributed by atoms with Crippen LogP contribution in [0.5, 0.6) is 0 Å². The van der Waals surface area contributed by atoms with Gasteiger partial charge in [0.15, 0.2) is 11.5 Å². The first kappa shape index (κ1) is 10.1. The Morgan fingerprint density at radius 3 is 2.69 bits per heavy atom. The Morgan fingerprint density at radius 2 is 2.12 bits per heavy atom. The van der Waals surface area contributed by atoms with Gasteiger partial charge in [0.25, 0.3) is 0 Å². The summed E-state index contributed by atoms with van der Waals surface area (Å²) in [5.74, 6) is 0.531. The molecule has 1 saturated heterocycles. The molecule has 0 N–H and O–H groups in total. The molecule has 0 bridgehead atoms. The van der Waals surface area contributed by atoms with Gasteiger partial charge in [-0.25, -0.2) is 0 Å². The van der Waals surface area contributed by atoms with Crippen molar-refractivity contribution in [2.24, 2.45) is 0 Å². The molecule has 4 nitrogen and oxygen atoms in total. The smallest absolute Gasteiger partial charge is 0.172 e. The molecule has 4 heteroatoms. The van der Waals surface area contributed by atoms with Gasteiger partial charge in [-0.15, -0.1) is 0 Å². The molecule has 0 saturated carbocycles. The first-order valence-corrected chi connectivity index (χ1v) is 5.68. The maximum Gasteiger partial charge on any atom is 0.172 e. The molecule has 1 aromatic rings. The predicted molar refractivity (Wildman–Crippen MR) is 57.7 cm³/mol. The Hall–Kier alpha value is -1.13. The Bertz CT molecular complexity index is 416. The third-order valence-electron chi connectivity index (χ3n) is 3.19. The molecule has 1 fully saturated rings. The second kappa shape index (κ2) is 3.71. The van der Waals surface area contributed by atoms with Crippen LogP contribution in [0, 0.1) is 6.92 Å². The normalized spacial score (nSPS) is 23.7. The lowest BCUT2D eigenvalue weighted by Crippen LogP contribution is -2.31. The van der Waals surface area contributed by atoms with Crippen molar-refractivity contribution in [3.05, 3.63) is 23.6 Å². The van der Waals surface area contributed by atoms with Crippen LogP contribution >= 0.6 is 0 Å². The largest absolute Gasteiger partial charge is 0.356 e. The third-order valence-corrected chi connectivity index (χ3v) is 3.19. The Kier molecular flexibility index (Phi) is 2.33. The van der Waals surface area contributed by atoms with E-state index in [1.165, 1.54) is 5.57 Å². The molecule has 0 amide bonds. The average Bonchev–Trinajstić information content (AvgIpc) is 2.90. The van der Waals surface area contributed by atoms with Crippen LogP contribution in [0.2, 0.25) is 0 Å². The fourth-order valence-electron chi connectivity index (χ4n) is 2.31. The highest BCUT2D eigenvalue weighted by atomic mass is 16.7. The number of hydrogen-bond acceptors (Lipinski definition) is 4. The van der Waals surface area contributed by atoms with Crippen molar-refractivity contribution in [3.63, 3.8) is 0 Å². The highest BCUT2D eigenvalue weighted by molar-refractivity contribution is 5.62. The minimum atomic E-state index is -0.349. The van der Waals surface area contributed by atoms with Crippen LogP contribution < -0.4 is 0 Å². The molecule has 2 heterocycles. The quantitative estimate of drug-likeness (QED) is 0.729. The molecule has 0 atom stereocenters. The Morgan fingerprint density at radius 1 is 1.31 bits per heavy atom. The van der Waals surface area contributed by atoms with E-state index in [-0.39, 0.29) is 5.79 Å². The standard InChI is InChI=1S/C12H15NO3/c1-9-8-11(16-13-9)10-2-4-12(5-3-10)14-6-7-15-12/h2,8H,3-7H2,1H3. The Balaban J connectivity index is 1.78. The summed E-state index contributed by atoms with van der Waals surface area (Å²) in [6.07, 6.45) is 4.78. The van der Waals surface area contributed by atoms with E-state index in [0.29, 0.717) is 13.2 Å². The number of hydrogen-bond donors (Lipinski definition) is 0. The number of ether oxygens (including phenoxy) is 2. The SMILES string of the molecule is Cc1cc(C2=CCC3(CC2)OCCO3)on1. The molecule has 86 valence electrons. The lowest BCUT2D eigenvalue weighted by molar-refractivity contribution is -0.159. The van der Waals surface area contributed by atoms with Gasteiger partial charge in [-0.05, 0) is 18.9 Å². The lowest BCUT2D eigenvalue weighted by atomic mass is 9.92. The van der Waals surface area contributed by atoms with Crippen molar-refractivity contribution in [2.75, 3.05) is 13.2 Å². The average molecular weight is 221 g/mol. The van der Waals surface area contributed by atoms with E-state index in [2.05, 4.69) is 11.2 Å². The molecule has 3 rings (SSSR count). The number of rotatable bonds is 1. The highest BCUT2D eigenvalue weighted by Crippen LogP contribution is 2.38. The van der Waals surface area contributed by atoms with Gasteiger partial charge in [0.2, 0.25) is 0 Å². The molecule has 1 aliphatic carbocycles. The maximum atomic E-state index is 5.66. The van der Waals surface area contributed by atoms with E-state index >= 15 is 0 Å². The van der Waals surface area contributed by atoms with Crippen molar-refractivity contribution in [2.45, 2.75) is 32.0 Å². The zero-order valence-corrected chi connectivity index (χ0v) is 9.36. The van der Waals surface area contributed by atoms with Crippen molar-refractivity contribution >= 4 is 5.57 Å². The number of aryl methyl sites for hydroxylation is 1. The van der Waals surface area contributed by atoms with E-state index in [1.807, 2.05) is 13.0 Å². The van der Waals surface area contributed by atoms with Crippen LogP contribution in [-0.4, -0.2) is 24.2 Å². The van der Waals surface area contributed by atoms with Gasteiger partial charge >= 0.3 is 0 Å². The molecular formula is C12H15NO3. The van der Waals surface area contributed by atoms with Gasteiger partial charge in [0, 0.05) is 18.9 Å². The third kappa shape index (κ3) is 1.68. The first-order chi connectivity index (χ1) is 7.77. The summed E-state index contributed by atoms with van der Waals surface area (Å²) in [6.45, 7) is 3.36. The van der Waals surface area contributed by atoms with Crippen LogP contribution in [0.3, 0.4) is 0 Å². The zero-order chi connectivity index (χ0) is 11.0. The van der Waals surface area contributed by atoms with E-state index < -0.39 is 0 Å². The summed E-state index contributed by atoms with van der Waals surface area (Å²) >= 11 is 0. The molecule has 16 heavy (non-hydrogen) atoms. The number of aromatic nitrogens is 1. The summed E-state index contributed by atoms with van der Waals surface area (Å²) in [4.78, 5) is 0. The molecule has 1 spiro atoms. The summed E-state index contributed by atoms with van der Waals surface area (Å²) < 4.78 is 16.6. The molecule has 1 aliphatic heterocycles. The van der Waals surface area contributed by atoms with Gasteiger partial charge in [-0.1, -0.05) is 11.2 Å². The molecule has 0 radical (unpaired) electrons. The van der Waals surface area contributed by atoms with Gasteiger partial charge in [0.05, 0.1) is 18.9 Å². The van der Waals surface area contributed by atoms with Gasteiger partial charge in [-0.3, -0.25) is 0 Å². The van der Waals surface area contributed by atoms with E-state index in [9.17, 15) is 0 Å². The molecule has 0 aromatic carbocycles. The summed E-state index contributed by atoms with van der Waals surface area (Å²) in [5, 5.41) is 3.90. The van der Waals surface area contributed by atoms with E-state index in [1.54, 1.807) is 0 Å². The van der Waals surface area contributed by atoms with Crippen molar-refractivity contribution < 1.29 is 14.0 Å². The predicted octanol–water partition coefficient (Wildman–Crippen LogP) is 2.29. The van der Waals surface area contributed by atoms with E-state index in [4.69, 9.17) is 14.0 Å². The zero-order valence-electron chi connectivity index (χ0n) is 9.36. The first-order valence-electron chi connectivity index (χ1n) is 5.68. The fraction of sp³-hybridized carbons (Fsp3) is 0.583. The van der Waals surface area contributed by atoms with Crippen molar-refractivity contribution in [3.8, 4) is 0 Å². The second-order valence-electron chi connectivity index (χ2n) is 4.37. The maximum absolute atomic E-state index is 5.66. The summed E-state index contributed by atoms with van der Waals surface area (Å²) in [5.41, 5.74) is 2.13. The minimum Gasteiger partial charge on any atom is -0.356 e. The lowest BCUT2D eigenvalue weighted by Gasteiger charge is -2.29. The fourth-order valence-corrected chi connectivity index (χ4v) is 2.31. The second-order valence-corrected chi connectivity index (χ2v) is 4.37. The summed E-state index contributed by atoms with van der Waals surface area (Å²) in [7, 11) is 0. The molecule has 1 aromatic heterocycles. The van der Waals surface area contributed by atoms with E-state index in [0.717, 1.165) is 30.7 Å². The van der Waals surface area contributed by atoms with Crippen molar-refractivity contribution in [1.29, 1.82) is 0 Å². The van der Waals surface area contributed by atoms with Crippen molar-refractivity contribution in [1.82, 2.24) is 5.16 Å². The van der Waals surface area contributed by atoms with Gasteiger partial charge in [0.1, 0.15) is 0 Å². The monoisotopic (exact) mass is 221 g/mol. The van der Waals surface area contributed by atoms with Crippen LogP contribution in [0.1, 0.15) is 30.7 Å². The Labute approximate surface area is 94.2 Å². The molecular weight excluding hydrogens is 206 g/mol. The number of allylic oxidation sites excluding steroid dienone is 1. The minimum absolute atomic E-state index is 0.349. The molecule has 2 aliphatic rings. The summed E-state index contributed by atoms with van der Waals surface area (Å²) in [6, 6.07) is 1.97. The topological polar surface area (TPSA) is 44.5 Å².